The maximum atomic E-state index is 12.5. The highest BCUT2D eigenvalue weighted by atomic mass is 16.5. The Morgan fingerprint density at radius 3 is 2.41 bits per heavy atom. The number of benzene rings is 4. The highest BCUT2D eigenvalue weighted by Gasteiger charge is 2.26. The van der Waals surface area contributed by atoms with E-state index in [2.05, 4.69) is 18.2 Å². The minimum absolute atomic E-state index is 0.285. The van der Waals surface area contributed by atoms with Gasteiger partial charge in [0.1, 0.15) is 11.8 Å². The van der Waals surface area contributed by atoms with Crippen molar-refractivity contribution in [3.05, 3.63) is 101 Å². The van der Waals surface area contributed by atoms with Crippen molar-refractivity contribution in [2.45, 2.75) is 45.3 Å². The molecule has 0 fully saturated rings. The lowest BCUT2D eigenvalue weighted by atomic mass is 9.86. The molecule has 39 heavy (non-hydrogen) atoms. The first-order valence-corrected chi connectivity index (χ1v) is 13.1. The van der Waals surface area contributed by atoms with E-state index >= 15 is 0 Å². The molecule has 4 aromatic carbocycles. The van der Waals surface area contributed by atoms with Crippen molar-refractivity contribution >= 4 is 16.7 Å². The molecular weight excluding hydrogens is 488 g/mol. The molecule has 4 rings (SSSR count). The van der Waals surface area contributed by atoms with E-state index in [4.69, 9.17) is 15.2 Å². The van der Waals surface area contributed by atoms with Gasteiger partial charge in [0.2, 0.25) is 0 Å². The van der Waals surface area contributed by atoms with Crippen LogP contribution in [0.1, 0.15) is 60.3 Å². The number of nitriles is 1. The summed E-state index contributed by atoms with van der Waals surface area (Å²) in [7, 11) is 0. The number of nitrogens with two attached hydrogens (primary N) is 1. The third-order valence-corrected chi connectivity index (χ3v) is 6.69. The highest BCUT2D eigenvalue weighted by Crippen LogP contribution is 2.32. The first-order chi connectivity index (χ1) is 18.7. The van der Waals surface area contributed by atoms with Crippen LogP contribution in [0.3, 0.4) is 0 Å². The summed E-state index contributed by atoms with van der Waals surface area (Å²) >= 11 is 0. The molecule has 0 aliphatic carbocycles. The van der Waals surface area contributed by atoms with E-state index in [-0.39, 0.29) is 6.61 Å². The van der Waals surface area contributed by atoms with Gasteiger partial charge in [0, 0.05) is 5.54 Å². The van der Waals surface area contributed by atoms with Gasteiger partial charge in [-0.15, -0.1) is 0 Å². The first-order valence-electron chi connectivity index (χ1n) is 13.1. The number of fused-ring (bicyclic) bond motifs is 1. The van der Waals surface area contributed by atoms with Crippen LogP contribution in [0.25, 0.3) is 21.9 Å². The largest absolute Gasteiger partial charge is 0.492 e. The number of carbonyl (C=O) groups is 1. The van der Waals surface area contributed by atoms with Crippen LogP contribution < -0.4 is 10.5 Å². The Balaban J connectivity index is 1.54. The topological polar surface area (TPSA) is 106 Å². The molecule has 6 nitrogen and oxygen atoms in total. The predicted octanol–water partition coefficient (Wildman–Crippen LogP) is 6.34. The number of aliphatic hydroxyl groups excluding tert-OH is 1. The Hall–Kier alpha value is -4.18. The Kier molecular flexibility index (Phi) is 8.65. The second-order valence-corrected chi connectivity index (χ2v) is 10.2. The summed E-state index contributed by atoms with van der Waals surface area (Å²) in [6.45, 7) is 6.05. The fourth-order valence-electron chi connectivity index (χ4n) is 4.64. The maximum Gasteiger partial charge on any atom is 0.338 e. The molecular formula is C33H34N2O4. The van der Waals surface area contributed by atoms with E-state index in [0.717, 1.165) is 27.5 Å². The van der Waals surface area contributed by atoms with Gasteiger partial charge in [-0.1, -0.05) is 54.6 Å². The second-order valence-electron chi connectivity index (χ2n) is 10.2. The number of esters is 1. The molecule has 0 saturated heterocycles. The minimum Gasteiger partial charge on any atom is -0.492 e. The molecule has 0 saturated carbocycles. The van der Waals surface area contributed by atoms with Crippen LogP contribution in [-0.2, 0) is 11.2 Å². The summed E-state index contributed by atoms with van der Waals surface area (Å²) in [6, 6.07) is 26.9. The Bertz CT molecular complexity index is 1510. The molecule has 0 heterocycles. The molecule has 0 amide bonds. The molecule has 3 N–H and O–H groups in total. The maximum absolute atomic E-state index is 12.5. The highest BCUT2D eigenvalue weighted by molar-refractivity contribution is 5.97. The van der Waals surface area contributed by atoms with Gasteiger partial charge in [-0.2, -0.15) is 5.26 Å². The summed E-state index contributed by atoms with van der Waals surface area (Å²) in [4.78, 5) is 12.5. The quantitative estimate of drug-likeness (QED) is 0.186. The van der Waals surface area contributed by atoms with Crippen molar-refractivity contribution in [3.63, 3.8) is 0 Å². The lowest BCUT2D eigenvalue weighted by molar-refractivity contribution is 0.0527. The average molecular weight is 523 g/mol. The summed E-state index contributed by atoms with van der Waals surface area (Å²) in [6.07, 6.45) is 0.511. The van der Waals surface area contributed by atoms with Crippen LogP contribution in [0.4, 0.5) is 0 Å². The number of aryl methyl sites for hydroxylation is 1. The van der Waals surface area contributed by atoms with Crippen LogP contribution in [0.15, 0.2) is 78.9 Å². The lowest BCUT2D eigenvalue weighted by Gasteiger charge is -2.28. The lowest BCUT2D eigenvalue weighted by Crippen LogP contribution is -2.39. The molecule has 0 unspecified atom stereocenters. The fourth-order valence-corrected chi connectivity index (χ4v) is 4.64. The molecule has 0 aliphatic heterocycles. The van der Waals surface area contributed by atoms with Gasteiger partial charge in [-0.3, -0.25) is 0 Å². The smallest absolute Gasteiger partial charge is 0.338 e. The third kappa shape index (κ3) is 6.46. The van der Waals surface area contributed by atoms with Crippen molar-refractivity contribution in [3.8, 4) is 22.9 Å². The Morgan fingerprint density at radius 1 is 1.03 bits per heavy atom. The molecule has 0 aromatic heterocycles. The van der Waals surface area contributed by atoms with Crippen molar-refractivity contribution in [1.29, 1.82) is 5.26 Å². The number of nitrogens with zero attached hydrogens (tertiary/aromatic N) is 1. The summed E-state index contributed by atoms with van der Waals surface area (Å²) in [5.41, 5.74) is 9.64. The molecule has 0 aliphatic rings. The van der Waals surface area contributed by atoms with Crippen molar-refractivity contribution in [2.24, 2.45) is 5.73 Å². The summed E-state index contributed by atoms with van der Waals surface area (Å²) in [5.74, 6) is 0.0597. The Morgan fingerprint density at radius 2 is 1.72 bits per heavy atom. The second kappa shape index (κ2) is 12.1. The molecule has 0 spiro atoms. The van der Waals surface area contributed by atoms with E-state index in [1.54, 1.807) is 37.3 Å². The number of aliphatic hydroxyl groups is 1. The zero-order chi connectivity index (χ0) is 28.0. The van der Waals surface area contributed by atoms with Crippen LogP contribution in [0.2, 0.25) is 0 Å². The van der Waals surface area contributed by atoms with Gasteiger partial charge < -0.3 is 20.3 Å². The molecule has 4 aromatic rings. The van der Waals surface area contributed by atoms with E-state index in [0.29, 0.717) is 41.9 Å². The van der Waals surface area contributed by atoms with E-state index < -0.39 is 17.6 Å². The van der Waals surface area contributed by atoms with Gasteiger partial charge in [0.15, 0.2) is 0 Å². The van der Waals surface area contributed by atoms with Gasteiger partial charge in [0.25, 0.3) is 0 Å². The number of carbonyl (C=O) groups excluding carboxylic acids is 1. The number of hydrogen-bond donors (Lipinski definition) is 2. The molecule has 6 heteroatoms. The number of hydrogen-bond acceptors (Lipinski definition) is 6. The predicted molar refractivity (Wildman–Crippen MR) is 154 cm³/mol. The van der Waals surface area contributed by atoms with Crippen molar-refractivity contribution in [2.75, 3.05) is 13.2 Å². The molecule has 200 valence electrons. The fraction of sp³-hybridized carbons (Fsp3) is 0.273. The number of rotatable bonds is 10. The van der Waals surface area contributed by atoms with Gasteiger partial charge in [-0.25, -0.2) is 4.79 Å². The van der Waals surface area contributed by atoms with E-state index in [1.807, 2.05) is 50.2 Å². The third-order valence-electron chi connectivity index (χ3n) is 6.69. The van der Waals surface area contributed by atoms with Crippen LogP contribution >= 0.6 is 0 Å². The van der Waals surface area contributed by atoms with Crippen LogP contribution in [0.5, 0.6) is 5.75 Å². The van der Waals surface area contributed by atoms with Crippen molar-refractivity contribution < 1.29 is 19.4 Å². The zero-order valence-electron chi connectivity index (χ0n) is 22.6. The summed E-state index contributed by atoms with van der Waals surface area (Å²) < 4.78 is 11.3. The zero-order valence-corrected chi connectivity index (χ0v) is 22.6. The SMILES string of the molecule is CCOC(=O)c1ccccc1-c1ccc(C#N)c(OCCCc2cc3ccccc3cc2[C@@H](O)C(C)(C)N)c1. The molecule has 0 radical (unpaired) electrons. The summed E-state index contributed by atoms with van der Waals surface area (Å²) in [5, 5.41) is 22.8. The standard InChI is InChI=1S/C33H34N2O4/c1-4-38-32(37)28-14-8-7-13-27(28)25-15-16-26(21-34)30(20-25)39-17-9-12-24-18-22-10-5-6-11-23(22)19-29(24)31(36)33(2,3)35/h5-8,10-11,13-16,18-20,31,36H,4,9,12,17,35H2,1-3H3/t31-/m1/s1. The normalized spacial score (nSPS) is 12.1. The minimum atomic E-state index is -0.820. The molecule has 1 atom stereocenters. The molecule has 0 bridgehead atoms. The van der Waals surface area contributed by atoms with E-state index in [1.165, 1.54) is 0 Å². The average Bonchev–Trinajstić information content (AvgIpc) is 2.94. The van der Waals surface area contributed by atoms with Crippen molar-refractivity contribution in [1.82, 2.24) is 0 Å². The van der Waals surface area contributed by atoms with E-state index in [9.17, 15) is 15.2 Å². The van der Waals surface area contributed by atoms with Gasteiger partial charge in [0.05, 0.1) is 30.4 Å². The van der Waals surface area contributed by atoms with Gasteiger partial charge in [-0.05, 0) is 90.9 Å². The number of ether oxygens (including phenoxy) is 2. The van der Waals surface area contributed by atoms with Gasteiger partial charge >= 0.3 is 5.97 Å². The van der Waals surface area contributed by atoms with Crippen LogP contribution in [0, 0.1) is 11.3 Å². The monoisotopic (exact) mass is 522 g/mol. The Labute approximate surface area is 229 Å². The first kappa shape index (κ1) is 27.8. The van der Waals surface area contributed by atoms with Crippen LogP contribution in [-0.4, -0.2) is 29.8 Å².